The lowest BCUT2D eigenvalue weighted by atomic mass is 9.85. The number of aromatic nitrogens is 2. The van der Waals surface area contributed by atoms with Crippen molar-refractivity contribution >= 4 is 11.9 Å². The number of carbonyl (C=O) groups excluding carboxylic acids is 2. The number of nitriles is 1. The Kier molecular flexibility index (Phi) is 7.81. The number of hydrogen-bond donors (Lipinski definition) is 2. The number of carbonyl (C=O) groups is 2. The van der Waals surface area contributed by atoms with Crippen LogP contribution in [0.1, 0.15) is 35.7 Å². The molecule has 3 aromatic rings. The lowest BCUT2D eigenvalue weighted by Crippen LogP contribution is -2.53. The first-order chi connectivity index (χ1) is 17.4. The average molecular weight is 486 g/mol. The lowest BCUT2D eigenvalue weighted by molar-refractivity contribution is -0.149. The van der Waals surface area contributed by atoms with Gasteiger partial charge in [0.2, 0.25) is 5.91 Å². The van der Waals surface area contributed by atoms with Gasteiger partial charge in [-0.25, -0.2) is 4.98 Å². The molecule has 2 heterocycles. The van der Waals surface area contributed by atoms with Crippen LogP contribution >= 0.6 is 0 Å². The summed E-state index contributed by atoms with van der Waals surface area (Å²) in [6.07, 6.45) is 4.24. The molecule has 2 aromatic carbocycles. The third-order valence-electron chi connectivity index (χ3n) is 6.81. The molecule has 1 aliphatic rings. The molecule has 0 saturated carbocycles. The van der Waals surface area contributed by atoms with E-state index in [1.807, 2.05) is 49.4 Å². The van der Waals surface area contributed by atoms with Gasteiger partial charge in [0.25, 0.3) is 0 Å². The van der Waals surface area contributed by atoms with E-state index in [-0.39, 0.29) is 23.7 Å². The van der Waals surface area contributed by atoms with Crippen LogP contribution in [0.3, 0.4) is 0 Å². The van der Waals surface area contributed by atoms with Gasteiger partial charge >= 0.3 is 5.97 Å². The van der Waals surface area contributed by atoms with Crippen molar-refractivity contribution in [3.05, 3.63) is 89.5 Å². The maximum atomic E-state index is 13.7. The van der Waals surface area contributed by atoms with Gasteiger partial charge in [-0.3, -0.25) is 14.5 Å². The zero-order chi connectivity index (χ0) is 25.5. The van der Waals surface area contributed by atoms with Crippen LogP contribution in [0.5, 0.6) is 0 Å². The van der Waals surface area contributed by atoms with Crippen molar-refractivity contribution < 1.29 is 14.3 Å². The van der Waals surface area contributed by atoms with E-state index in [9.17, 15) is 9.59 Å². The standard InChI is InChI=1S/C28H31N5O3/c1-28(25-15-30-19-31-25,13-20-8-10-21(14-29)11-9-20)32-26(34)23-12-24(27(35)36-2)18-33(17-23)16-22-6-4-3-5-7-22/h3-11,15,19,23-24H,12-13,16-18H2,1-2H3,(H,30,31)(H,32,34). The van der Waals surface area contributed by atoms with E-state index in [4.69, 9.17) is 10.00 Å². The van der Waals surface area contributed by atoms with Crippen molar-refractivity contribution in [2.75, 3.05) is 20.2 Å². The Morgan fingerprint density at radius 1 is 1.14 bits per heavy atom. The first-order valence-electron chi connectivity index (χ1n) is 12.0. The van der Waals surface area contributed by atoms with Crippen molar-refractivity contribution in [3.63, 3.8) is 0 Å². The summed E-state index contributed by atoms with van der Waals surface area (Å²) in [5, 5.41) is 12.4. The lowest BCUT2D eigenvalue weighted by Gasteiger charge is -2.38. The summed E-state index contributed by atoms with van der Waals surface area (Å²) in [4.78, 5) is 35.6. The minimum absolute atomic E-state index is 0.118. The quantitative estimate of drug-likeness (QED) is 0.474. The number of piperidine rings is 1. The summed E-state index contributed by atoms with van der Waals surface area (Å²) in [5.74, 6) is -1.16. The summed E-state index contributed by atoms with van der Waals surface area (Å²) in [6, 6.07) is 19.5. The van der Waals surface area contributed by atoms with Gasteiger partial charge in [0.05, 0.1) is 54.3 Å². The first-order valence-corrected chi connectivity index (χ1v) is 12.0. The molecule has 3 atom stereocenters. The van der Waals surface area contributed by atoms with Crippen molar-refractivity contribution in [3.8, 4) is 6.07 Å². The molecule has 0 spiro atoms. The van der Waals surface area contributed by atoms with Crippen LogP contribution in [-0.4, -0.2) is 46.9 Å². The van der Waals surface area contributed by atoms with Gasteiger partial charge in [-0.15, -0.1) is 0 Å². The fourth-order valence-corrected chi connectivity index (χ4v) is 4.93. The molecule has 1 saturated heterocycles. The number of rotatable bonds is 8. The highest BCUT2D eigenvalue weighted by molar-refractivity contribution is 5.81. The van der Waals surface area contributed by atoms with E-state index in [1.165, 1.54) is 7.11 Å². The van der Waals surface area contributed by atoms with E-state index >= 15 is 0 Å². The SMILES string of the molecule is COC(=O)C1CC(C(=O)NC(C)(Cc2ccc(C#N)cc2)c2cnc[nH]2)CN(Cc2ccccc2)C1. The average Bonchev–Trinajstić information content (AvgIpc) is 3.45. The fourth-order valence-electron chi connectivity index (χ4n) is 4.93. The number of benzene rings is 2. The maximum absolute atomic E-state index is 13.7. The number of likely N-dealkylation sites (tertiary alicyclic amines) is 1. The number of nitrogens with one attached hydrogen (secondary N) is 2. The van der Waals surface area contributed by atoms with Gasteiger partial charge < -0.3 is 15.0 Å². The summed E-state index contributed by atoms with van der Waals surface area (Å²) in [7, 11) is 1.39. The van der Waals surface area contributed by atoms with Gasteiger partial charge in [-0.1, -0.05) is 42.5 Å². The topological polar surface area (TPSA) is 111 Å². The molecule has 0 aliphatic carbocycles. The molecular formula is C28H31N5O3. The first kappa shape index (κ1) is 25.1. The van der Waals surface area contributed by atoms with E-state index in [0.29, 0.717) is 38.0 Å². The summed E-state index contributed by atoms with van der Waals surface area (Å²) < 4.78 is 5.04. The highest BCUT2D eigenvalue weighted by Gasteiger charge is 2.39. The third-order valence-corrected chi connectivity index (χ3v) is 6.81. The largest absolute Gasteiger partial charge is 0.469 e. The van der Waals surface area contributed by atoms with Crippen LogP contribution in [-0.2, 0) is 32.8 Å². The number of nitrogens with zero attached hydrogens (tertiary/aromatic N) is 3. The molecule has 1 amide bonds. The number of methoxy groups -OCH3 is 1. The Morgan fingerprint density at radius 2 is 1.86 bits per heavy atom. The predicted octanol–water partition coefficient (Wildman–Crippen LogP) is 3.17. The molecule has 4 rings (SSSR count). The second-order valence-corrected chi connectivity index (χ2v) is 9.60. The smallest absolute Gasteiger partial charge is 0.309 e. The van der Waals surface area contributed by atoms with E-state index in [1.54, 1.807) is 24.7 Å². The van der Waals surface area contributed by atoms with Gasteiger partial charge in [0.1, 0.15) is 0 Å². The number of amides is 1. The van der Waals surface area contributed by atoms with Gasteiger partial charge in [0, 0.05) is 26.1 Å². The molecule has 8 nitrogen and oxygen atoms in total. The Morgan fingerprint density at radius 3 is 2.50 bits per heavy atom. The fraction of sp³-hybridized carbons (Fsp3) is 0.357. The molecule has 0 bridgehead atoms. The molecule has 0 radical (unpaired) electrons. The summed E-state index contributed by atoms with van der Waals surface area (Å²) in [6.45, 7) is 3.71. The summed E-state index contributed by atoms with van der Waals surface area (Å²) in [5.41, 5.74) is 2.71. The van der Waals surface area contributed by atoms with E-state index in [0.717, 1.165) is 16.8 Å². The highest BCUT2D eigenvalue weighted by atomic mass is 16.5. The number of imidazole rings is 1. The molecule has 36 heavy (non-hydrogen) atoms. The maximum Gasteiger partial charge on any atom is 0.309 e. The minimum Gasteiger partial charge on any atom is -0.469 e. The predicted molar refractivity (Wildman–Crippen MR) is 134 cm³/mol. The van der Waals surface area contributed by atoms with Gasteiger partial charge in [-0.05, 0) is 36.6 Å². The second-order valence-electron chi connectivity index (χ2n) is 9.60. The van der Waals surface area contributed by atoms with Crippen LogP contribution in [0.4, 0.5) is 0 Å². The van der Waals surface area contributed by atoms with E-state index < -0.39 is 5.54 Å². The zero-order valence-electron chi connectivity index (χ0n) is 20.6. The number of aromatic amines is 1. The van der Waals surface area contributed by atoms with Crippen molar-refractivity contribution in [1.82, 2.24) is 20.2 Å². The molecular weight excluding hydrogens is 454 g/mol. The normalized spacial score (nSPS) is 19.6. The van der Waals surface area contributed by atoms with Crippen LogP contribution in [0, 0.1) is 23.2 Å². The Hall–Kier alpha value is -3.96. The second kappa shape index (κ2) is 11.2. The van der Waals surface area contributed by atoms with Gasteiger partial charge in [0.15, 0.2) is 0 Å². The monoisotopic (exact) mass is 485 g/mol. The molecule has 8 heteroatoms. The van der Waals surface area contributed by atoms with Crippen LogP contribution in [0.15, 0.2) is 67.1 Å². The Balaban J connectivity index is 1.54. The summed E-state index contributed by atoms with van der Waals surface area (Å²) >= 11 is 0. The van der Waals surface area contributed by atoms with Crippen molar-refractivity contribution in [2.45, 2.75) is 31.8 Å². The number of H-pyrrole nitrogens is 1. The molecule has 1 aliphatic heterocycles. The number of esters is 1. The molecule has 186 valence electrons. The Bertz CT molecular complexity index is 1200. The van der Waals surface area contributed by atoms with Crippen LogP contribution in [0.2, 0.25) is 0 Å². The van der Waals surface area contributed by atoms with Crippen LogP contribution < -0.4 is 5.32 Å². The Labute approximate surface area is 211 Å². The highest BCUT2D eigenvalue weighted by Crippen LogP contribution is 2.29. The number of ether oxygens (including phenoxy) is 1. The molecule has 3 unspecified atom stereocenters. The van der Waals surface area contributed by atoms with E-state index in [2.05, 4.69) is 26.3 Å². The molecule has 1 aromatic heterocycles. The number of hydrogen-bond acceptors (Lipinski definition) is 6. The van der Waals surface area contributed by atoms with Crippen molar-refractivity contribution in [1.29, 1.82) is 5.26 Å². The molecule has 2 N–H and O–H groups in total. The third kappa shape index (κ3) is 5.99. The minimum atomic E-state index is -0.760. The molecule has 1 fully saturated rings. The zero-order valence-corrected chi connectivity index (χ0v) is 20.6. The van der Waals surface area contributed by atoms with Crippen LogP contribution in [0.25, 0.3) is 0 Å². The van der Waals surface area contributed by atoms with Gasteiger partial charge in [-0.2, -0.15) is 5.26 Å². The van der Waals surface area contributed by atoms with Crippen molar-refractivity contribution in [2.24, 2.45) is 11.8 Å².